The summed E-state index contributed by atoms with van der Waals surface area (Å²) in [5.74, 6) is -1.08. The summed E-state index contributed by atoms with van der Waals surface area (Å²) in [6.45, 7) is -0.182. The second-order valence-electron chi connectivity index (χ2n) is 13.1. The molecule has 0 aromatic heterocycles. The molecule has 0 unspecified atom stereocenters. The second kappa shape index (κ2) is 13.5. The summed E-state index contributed by atoms with van der Waals surface area (Å²) in [5.41, 5.74) is 4.82. The van der Waals surface area contributed by atoms with Crippen molar-refractivity contribution in [3.63, 3.8) is 0 Å². The number of alkyl halides is 6. The van der Waals surface area contributed by atoms with Crippen molar-refractivity contribution in [1.29, 1.82) is 0 Å². The first-order valence-electron chi connectivity index (χ1n) is 16.9. The summed E-state index contributed by atoms with van der Waals surface area (Å²) in [5, 5.41) is 5.11. The van der Waals surface area contributed by atoms with Crippen molar-refractivity contribution in [3.05, 3.63) is 143 Å². The fraction of sp³-hybridized carbons (Fsp3) is 0.220. The first kappa shape index (κ1) is 34.9. The van der Waals surface area contributed by atoms with Gasteiger partial charge < -0.3 is 15.5 Å². The van der Waals surface area contributed by atoms with E-state index in [4.69, 9.17) is 0 Å². The third kappa shape index (κ3) is 6.63. The Hall–Kier alpha value is -5.58. The molecule has 0 radical (unpaired) electrons. The zero-order valence-corrected chi connectivity index (χ0v) is 27.7. The van der Waals surface area contributed by atoms with Gasteiger partial charge in [0.25, 0.3) is 5.91 Å². The maximum absolute atomic E-state index is 13.8. The van der Waals surface area contributed by atoms with Gasteiger partial charge in [0.15, 0.2) is 0 Å². The van der Waals surface area contributed by atoms with Gasteiger partial charge in [0, 0.05) is 30.0 Å². The van der Waals surface area contributed by atoms with Gasteiger partial charge in [-0.3, -0.25) is 9.59 Å². The van der Waals surface area contributed by atoms with E-state index in [0.29, 0.717) is 65.9 Å². The number of nitrogens with zero attached hydrogens (tertiary/aromatic N) is 1. The number of hydrogen-bond acceptors (Lipinski definition) is 3. The van der Waals surface area contributed by atoms with Crippen molar-refractivity contribution in [2.75, 3.05) is 29.9 Å². The molecule has 11 heteroatoms. The Morgan fingerprint density at radius 3 is 1.98 bits per heavy atom. The topological polar surface area (TPSA) is 61.4 Å². The molecule has 1 aliphatic heterocycles. The maximum atomic E-state index is 13.8. The molecule has 2 amide bonds. The van der Waals surface area contributed by atoms with Crippen molar-refractivity contribution >= 4 is 23.2 Å². The minimum absolute atomic E-state index is 0.295. The Balaban J connectivity index is 1.07. The van der Waals surface area contributed by atoms with Gasteiger partial charge in [0.1, 0.15) is 12.0 Å². The van der Waals surface area contributed by atoms with Gasteiger partial charge in [-0.1, -0.05) is 78.9 Å². The Bertz CT molecular complexity index is 2100. The Kier molecular flexibility index (Phi) is 9.06. The van der Waals surface area contributed by atoms with E-state index in [1.165, 1.54) is 12.1 Å². The summed E-state index contributed by atoms with van der Waals surface area (Å²) < 4.78 is 79.1. The molecule has 2 N–H and O–H groups in total. The summed E-state index contributed by atoms with van der Waals surface area (Å²) in [4.78, 5) is 29.5. The quantitative estimate of drug-likeness (QED) is 0.150. The standard InChI is InChI=1S/C41H33F6N3O2/c42-40(43,44)25-48-38(52)39(34-12-5-3-9-31(34)32-10-4-6-13-35(32)39)21-7-22-50-23-20-27-24-29(18-19-36(27)50)49-37(51)33-11-2-1-8-30(33)26-14-16-28(17-15-26)41(45,46)47/h1-6,8-19,24H,7,20-23,25H2,(H,48,52)(H,49,51). The monoisotopic (exact) mass is 713 g/mol. The highest BCUT2D eigenvalue weighted by atomic mass is 19.4. The van der Waals surface area contributed by atoms with Crippen LogP contribution in [0.2, 0.25) is 0 Å². The molecule has 0 spiro atoms. The van der Waals surface area contributed by atoms with E-state index in [0.717, 1.165) is 34.5 Å². The van der Waals surface area contributed by atoms with E-state index in [1.54, 1.807) is 42.5 Å². The first-order valence-corrected chi connectivity index (χ1v) is 16.9. The van der Waals surface area contributed by atoms with E-state index in [-0.39, 0.29) is 0 Å². The van der Waals surface area contributed by atoms with Gasteiger partial charge in [-0.05, 0) is 94.6 Å². The van der Waals surface area contributed by atoms with Crippen LogP contribution >= 0.6 is 0 Å². The van der Waals surface area contributed by atoms with Crippen molar-refractivity contribution in [3.8, 4) is 22.3 Å². The molecular weight excluding hydrogens is 680 g/mol. The lowest BCUT2D eigenvalue weighted by molar-refractivity contribution is -0.141. The number of rotatable bonds is 9. The van der Waals surface area contributed by atoms with Crippen LogP contribution in [-0.4, -0.2) is 37.6 Å². The minimum Gasteiger partial charge on any atom is -0.371 e. The molecule has 52 heavy (non-hydrogen) atoms. The molecular formula is C41H33F6N3O2. The number of halogens is 6. The summed E-state index contributed by atoms with van der Waals surface area (Å²) in [6.07, 6.45) is -7.51. The largest absolute Gasteiger partial charge is 0.416 e. The summed E-state index contributed by atoms with van der Waals surface area (Å²) in [7, 11) is 0. The van der Waals surface area contributed by atoms with Gasteiger partial charge in [0.2, 0.25) is 5.91 Å². The van der Waals surface area contributed by atoms with E-state index < -0.39 is 41.7 Å². The summed E-state index contributed by atoms with van der Waals surface area (Å²) in [6, 6.07) is 31.7. The fourth-order valence-corrected chi connectivity index (χ4v) is 7.57. The zero-order chi connectivity index (χ0) is 36.7. The molecule has 1 heterocycles. The van der Waals surface area contributed by atoms with Gasteiger partial charge in [-0.15, -0.1) is 0 Å². The average Bonchev–Trinajstić information content (AvgIpc) is 3.66. The number of nitrogens with one attached hydrogen (secondary N) is 2. The molecule has 2 aliphatic rings. The van der Waals surface area contributed by atoms with Crippen LogP contribution in [0.15, 0.2) is 115 Å². The van der Waals surface area contributed by atoms with Gasteiger partial charge in [0.05, 0.1) is 5.56 Å². The Morgan fingerprint density at radius 1 is 0.731 bits per heavy atom. The number of carbonyl (C=O) groups is 2. The molecule has 0 fully saturated rings. The lowest BCUT2D eigenvalue weighted by Crippen LogP contribution is -2.47. The fourth-order valence-electron chi connectivity index (χ4n) is 7.57. The molecule has 0 bridgehead atoms. The molecule has 266 valence electrons. The smallest absolute Gasteiger partial charge is 0.371 e. The van der Waals surface area contributed by atoms with Crippen molar-refractivity contribution in [1.82, 2.24) is 5.32 Å². The number of benzene rings is 5. The molecule has 5 aromatic carbocycles. The van der Waals surface area contributed by atoms with Crippen LogP contribution in [-0.2, 0) is 22.8 Å². The highest BCUT2D eigenvalue weighted by Crippen LogP contribution is 2.51. The molecule has 0 atom stereocenters. The van der Waals surface area contributed by atoms with E-state index in [2.05, 4.69) is 15.5 Å². The molecule has 0 saturated carbocycles. The number of fused-ring (bicyclic) bond motifs is 4. The highest BCUT2D eigenvalue weighted by molar-refractivity contribution is 6.09. The average molecular weight is 714 g/mol. The normalized spacial score (nSPS) is 14.4. The van der Waals surface area contributed by atoms with Crippen LogP contribution in [0.1, 0.15) is 45.5 Å². The van der Waals surface area contributed by atoms with Crippen molar-refractivity contribution < 1.29 is 35.9 Å². The Labute approximate surface area is 296 Å². The van der Waals surface area contributed by atoms with Crippen molar-refractivity contribution in [2.24, 2.45) is 0 Å². The number of carbonyl (C=O) groups excluding carboxylic acids is 2. The van der Waals surface area contributed by atoms with Gasteiger partial charge >= 0.3 is 12.4 Å². The first-order chi connectivity index (χ1) is 24.8. The van der Waals surface area contributed by atoms with Crippen LogP contribution in [0.3, 0.4) is 0 Å². The lowest BCUT2D eigenvalue weighted by atomic mass is 9.73. The third-order valence-electron chi connectivity index (χ3n) is 9.90. The van der Waals surface area contributed by atoms with E-state index in [9.17, 15) is 35.9 Å². The van der Waals surface area contributed by atoms with Crippen LogP contribution < -0.4 is 15.5 Å². The zero-order valence-electron chi connectivity index (χ0n) is 27.7. The molecule has 5 aromatic rings. The minimum atomic E-state index is -4.55. The van der Waals surface area contributed by atoms with Crippen LogP contribution in [0, 0.1) is 0 Å². The molecule has 7 rings (SSSR count). The van der Waals surface area contributed by atoms with Crippen LogP contribution in [0.4, 0.5) is 37.7 Å². The lowest BCUT2D eigenvalue weighted by Gasteiger charge is -2.32. The Morgan fingerprint density at radius 2 is 1.35 bits per heavy atom. The van der Waals surface area contributed by atoms with E-state index in [1.807, 2.05) is 48.5 Å². The molecule has 0 saturated heterocycles. The number of amides is 2. The number of anilines is 2. The van der Waals surface area contributed by atoms with E-state index >= 15 is 0 Å². The van der Waals surface area contributed by atoms with Gasteiger partial charge in [-0.2, -0.15) is 26.3 Å². The maximum Gasteiger partial charge on any atom is 0.416 e. The molecule has 1 aliphatic carbocycles. The third-order valence-corrected chi connectivity index (χ3v) is 9.90. The second-order valence-corrected chi connectivity index (χ2v) is 13.1. The van der Waals surface area contributed by atoms with Crippen LogP contribution in [0.25, 0.3) is 22.3 Å². The highest BCUT2D eigenvalue weighted by Gasteiger charge is 2.49. The molecule has 5 nitrogen and oxygen atoms in total. The van der Waals surface area contributed by atoms with Crippen LogP contribution in [0.5, 0.6) is 0 Å². The number of hydrogen-bond donors (Lipinski definition) is 2. The van der Waals surface area contributed by atoms with Gasteiger partial charge in [-0.25, -0.2) is 0 Å². The summed E-state index contributed by atoms with van der Waals surface area (Å²) >= 11 is 0. The predicted molar refractivity (Wildman–Crippen MR) is 188 cm³/mol. The SMILES string of the molecule is O=C(Nc1ccc2c(c1)CCN2CCCC1(C(=O)NCC(F)(F)F)c2ccccc2-c2ccccc21)c1ccccc1-c1ccc(C(F)(F)F)cc1. The predicted octanol–water partition coefficient (Wildman–Crippen LogP) is 9.41. The van der Waals surface area contributed by atoms with Crippen molar-refractivity contribution in [2.45, 2.75) is 37.0 Å².